The summed E-state index contributed by atoms with van der Waals surface area (Å²) in [4.78, 5) is 0. The van der Waals surface area contributed by atoms with Crippen LogP contribution in [0.5, 0.6) is 0 Å². The molecule has 0 spiro atoms. The third kappa shape index (κ3) is 10.5. The van der Waals surface area contributed by atoms with Crippen molar-refractivity contribution in [3.63, 3.8) is 0 Å². The summed E-state index contributed by atoms with van der Waals surface area (Å²) >= 11 is -0.826. The van der Waals surface area contributed by atoms with E-state index >= 15 is 0 Å². The van der Waals surface area contributed by atoms with Gasteiger partial charge in [-0.05, 0) is 12.8 Å². The van der Waals surface area contributed by atoms with Crippen molar-refractivity contribution in [3.05, 3.63) is 12.2 Å². The average molecular weight is 226 g/mol. The van der Waals surface area contributed by atoms with Crippen LogP contribution >= 0.6 is 0 Å². The molecular weight excluding hydrogens is 199 g/mol. The van der Waals surface area contributed by atoms with E-state index in [9.17, 15) is 0 Å². The van der Waals surface area contributed by atoms with Gasteiger partial charge in [-0.1, -0.05) is 62.8 Å². The highest BCUT2D eigenvalue weighted by atomic mass is 27.2. The summed E-state index contributed by atoms with van der Waals surface area (Å²) in [6.45, 7) is 7.70. The van der Waals surface area contributed by atoms with Crippen molar-refractivity contribution >= 4 is 14.5 Å². The molecule has 0 aromatic carbocycles. The van der Waals surface area contributed by atoms with E-state index < -0.39 is 14.5 Å². The first-order valence-electron chi connectivity index (χ1n) is 6.61. The molecule has 0 amide bonds. The molecule has 0 aliphatic carbocycles. The van der Waals surface area contributed by atoms with E-state index in [2.05, 4.69) is 32.9 Å². The number of hydrogen-bond acceptors (Lipinski definition) is 1. The van der Waals surface area contributed by atoms with Crippen molar-refractivity contribution in [1.29, 1.82) is 0 Å². The van der Waals surface area contributed by atoms with Gasteiger partial charge in [0.2, 0.25) is 0 Å². The molecule has 0 fully saturated rings. The number of allylic oxidation sites excluding steroid dienone is 1. The Labute approximate surface area is 101 Å². The van der Waals surface area contributed by atoms with E-state index in [1.54, 1.807) is 0 Å². The van der Waals surface area contributed by atoms with Gasteiger partial charge in [0.05, 0.1) is 0 Å². The topological polar surface area (TPSA) is 9.23 Å². The van der Waals surface area contributed by atoms with Gasteiger partial charge in [0, 0.05) is 6.61 Å². The molecule has 0 aliphatic heterocycles. The first-order valence-corrected chi connectivity index (χ1v) is 8.72. The summed E-state index contributed by atoms with van der Waals surface area (Å²) in [6.07, 6.45) is 10.7. The van der Waals surface area contributed by atoms with Crippen molar-refractivity contribution in [3.8, 4) is 0 Å². The summed E-state index contributed by atoms with van der Waals surface area (Å²) < 4.78 is 5.99. The lowest BCUT2D eigenvalue weighted by Crippen LogP contribution is -2.17. The highest BCUT2D eigenvalue weighted by molar-refractivity contribution is 6.51. The van der Waals surface area contributed by atoms with Crippen LogP contribution < -0.4 is 0 Å². The van der Waals surface area contributed by atoms with Gasteiger partial charge in [-0.3, -0.25) is 0 Å². The van der Waals surface area contributed by atoms with E-state index in [-0.39, 0.29) is 0 Å². The summed E-state index contributed by atoms with van der Waals surface area (Å²) in [5.74, 6) is 0. The molecule has 0 aliphatic rings. The van der Waals surface area contributed by atoms with Crippen LogP contribution in [0.3, 0.4) is 0 Å². The fraction of sp³-hybridized carbons (Fsp3) is 0.846. The zero-order valence-electron chi connectivity index (χ0n) is 10.8. The van der Waals surface area contributed by atoms with Gasteiger partial charge in [-0.2, -0.15) is 0 Å². The molecule has 0 aromatic rings. The van der Waals surface area contributed by atoms with Gasteiger partial charge < -0.3 is 3.79 Å². The Kier molecular flexibility index (Phi) is 12.5. The van der Waals surface area contributed by atoms with E-state index in [4.69, 9.17) is 3.79 Å². The van der Waals surface area contributed by atoms with Gasteiger partial charge >= 0.3 is 14.5 Å². The Morgan fingerprint density at radius 2 is 1.47 bits per heavy atom. The van der Waals surface area contributed by atoms with Gasteiger partial charge in [-0.25, -0.2) is 0 Å². The van der Waals surface area contributed by atoms with Gasteiger partial charge in [0.25, 0.3) is 0 Å². The summed E-state index contributed by atoms with van der Waals surface area (Å²) in [7, 11) is 0. The molecule has 0 rings (SSSR count). The second-order valence-electron chi connectivity index (χ2n) is 4.12. The summed E-state index contributed by atoms with van der Waals surface area (Å²) in [5.41, 5.74) is 0. The van der Waals surface area contributed by atoms with Crippen molar-refractivity contribution < 1.29 is 3.79 Å². The Hall–Kier alpha value is 0.232. The molecule has 88 valence electrons. The smallest absolute Gasteiger partial charge is 0.460 e. The van der Waals surface area contributed by atoms with Crippen molar-refractivity contribution in [2.75, 3.05) is 6.61 Å². The van der Waals surface area contributed by atoms with Crippen LogP contribution in [0.15, 0.2) is 12.2 Å². The highest BCUT2D eigenvalue weighted by Gasteiger charge is 2.16. The van der Waals surface area contributed by atoms with Crippen molar-refractivity contribution in [1.82, 2.24) is 0 Å². The first kappa shape index (κ1) is 15.2. The largest absolute Gasteiger partial charge is 0.500 e. The van der Waals surface area contributed by atoms with Gasteiger partial charge in [0.1, 0.15) is 0 Å². The lowest BCUT2D eigenvalue weighted by atomic mass is 10.3. The molecule has 15 heavy (non-hydrogen) atoms. The monoisotopic (exact) mass is 226 g/mol. The van der Waals surface area contributed by atoms with Crippen LogP contribution in [0.2, 0.25) is 10.6 Å². The fourth-order valence-corrected chi connectivity index (χ4v) is 4.04. The van der Waals surface area contributed by atoms with E-state index in [1.165, 1.54) is 36.2 Å². The minimum atomic E-state index is -0.826. The molecule has 1 nitrogen and oxygen atoms in total. The maximum absolute atomic E-state index is 5.99. The molecule has 0 unspecified atom stereocenters. The zero-order valence-corrected chi connectivity index (χ0v) is 12.0. The Morgan fingerprint density at radius 3 is 2.00 bits per heavy atom. The van der Waals surface area contributed by atoms with Crippen LogP contribution in [0, 0.1) is 0 Å². The summed E-state index contributed by atoms with van der Waals surface area (Å²) in [6, 6.07) is 0. The second-order valence-corrected chi connectivity index (χ2v) is 6.85. The maximum atomic E-state index is 5.99. The van der Waals surface area contributed by atoms with E-state index in [1.807, 2.05) is 0 Å². The molecule has 0 aromatic heterocycles. The van der Waals surface area contributed by atoms with Crippen LogP contribution in [0.4, 0.5) is 0 Å². The fourth-order valence-electron chi connectivity index (χ4n) is 1.66. The number of unbranched alkanes of at least 4 members (excludes halogenated alkanes) is 1. The standard InChI is InChI=1S/C7H13O.2C3H7.Al/c1-2-3-4-5-6-7-8;2*1-3-2;/h4-5H,2-3,6-7H2,1H3;2*1,3H2,2H3;/q-1;;;+1/b5-4-;;;. The predicted molar refractivity (Wildman–Crippen MR) is 70.6 cm³/mol. The zero-order chi connectivity index (χ0) is 11.4. The second kappa shape index (κ2) is 12.3. The van der Waals surface area contributed by atoms with Gasteiger partial charge in [0.15, 0.2) is 0 Å². The van der Waals surface area contributed by atoms with Crippen LogP contribution in [0.25, 0.3) is 0 Å². The molecule has 0 saturated carbocycles. The molecule has 0 N–H and O–H groups in total. The third-order valence-electron chi connectivity index (χ3n) is 2.48. The Morgan fingerprint density at radius 1 is 0.867 bits per heavy atom. The maximum Gasteiger partial charge on any atom is 0.460 e. The molecule has 0 radical (unpaired) electrons. The van der Waals surface area contributed by atoms with E-state index in [0.717, 1.165) is 13.0 Å². The minimum absolute atomic E-state index is 0.826. The Balaban J connectivity index is 3.43. The van der Waals surface area contributed by atoms with Crippen LogP contribution in [0.1, 0.15) is 52.9 Å². The molecule has 0 saturated heterocycles. The normalized spacial score (nSPS) is 11.1. The van der Waals surface area contributed by atoms with Gasteiger partial charge in [-0.15, -0.1) is 0 Å². The molecule has 0 atom stereocenters. The first-order chi connectivity index (χ1) is 7.35. The molecule has 2 heteroatoms. The van der Waals surface area contributed by atoms with Crippen molar-refractivity contribution in [2.45, 2.75) is 63.4 Å². The number of hydrogen-bond donors (Lipinski definition) is 0. The Bertz CT molecular complexity index is 139. The lowest BCUT2D eigenvalue weighted by Gasteiger charge is -2.10. The third-order valence-corrected chi connectivity index (χ3v) is 5.63. The van der Waals surface area contributed by atoms with E-state index in [0.29, 0.717) is 0 Å². The average Bonchev–Trinajstić information content (AvgIpc) is 2.24. The SMILES string of the molecule is CCC/C=C\CC[O][Al]([CH2]CC)[CH2]CC. The minimum Gasteiger partial charge on any atom is -0.500 e. The summed E-state index contributed by atoms with van der Waals surface area (Å²) in [5, 5.41) is 2.71. The van der Waals surface area contributed by atoms with Crippen LogP contribution in [-0.4, -0.2) is 21.1 Å². The highest BCUT2D eigenvalue weighted by Crippen LogP contribution is 2.07. The quantitative estimate of drug-likeness (QED) is 0.301. The van der Waals surface area contributed by atoms with Crippen LogP contribution in [-0.2, 0) is 3.79 Å². The predicted octanol–water partition coefficient (Wildman–Crippen LogP) is 4.56. The molecule has 0 bridgehead atoms. The molecular formula is C13H27AlO. The lowest BCUT2D eigenvalue weighted by molar-refractivity contribution is 0.324. The molecule has 0 heterocycles. The van der Waals surface area contributed by atoms with Crippen molar-refractivity contribution in [2.24, 2.45) is 0 Å². The number of rotatable bonds is 10.